The quantitative estimate of drug-likeness (QED) is 0.191. The molecule has 46 heavy (non-hydrogen) atoms. The highest BCUT2D eigenvalue weighted by Gasteiger charge is 2.17. The lowest BCUT2D eigenvalue weighted by atomic mass is 10.0. The summed E-state index contributed by atoms with van der Waals surface area (Å²) in [6.45, 7) is 0. The molecule has 0 saturated carbocycles. The molecule has 0 amide bonds. The van der Waals surface area contributed by atoms with Crippen LogP contribution in [0, 0.1) is 0 Å². The van der Waals surface area contributed by atoms with Crippen molar-refractivity contribution in [3.8, 4) is 55.9 Å². The largest absolute Gasteiger partial charge is 0.236 e. The lowest BCUT2D eigenvalue weighted by Crippen LogP contribution is -2.00. The SMILES string of the molecule is c1ccc(-c2nc(-c3ccccc3)nc(-c3cccc4sc5cc(-c6ccc(-c7nc8ccccc8s7)cc6)ccc5c34)n2)cc1. The van der Waals surface area contributed by atoms with Crippen LogP contribution in [0.5, 0.6) is 0 Å². The van der Waals surface area contributed by atoms with Crippen LogP contribution in [0.4, 0.5) is 0 Å². The number of hydrogen-bond acceptors (Lipinski definition) is 6. The molecule has 6 heteroatoms. The number of fused-ring (bicyclic) bond motifs is 4. The van der Waals surface area contributed by atoms with Crippen LogP contribution in [0.1, 0.15) is 0 Å². The third-order valence-corrected chi connectivity index (χ3v) is 10.4. The van der Waals surface area contributed by atoms with Gasteiger partial charge in [-0.1, -0.05) is 121 Å². The molecule has 0 saturated heterocycles. The zero-order chi connectivity index (χ0) is 30.5. The molecular weight excluding hydrogens is 601 g/mol. The lowest BCUT2D eigenvalue weighted by Gasteiger charge is -2.09. The molecule has 3 aromatic heterocycles. The zero-order valence-electron chi connectivity index (χ0n) is 24.5. The Hall–Kier alpha value is -5.56. The Morgan fingerprint density at radius 2 is 0.978 bits per heavy atom. The fraction of sp³-hybridized carbons (Fsp3) is 0. The molecular formula is C40H24N4S2. The summed E-state index contributed by atoms with van der Waals surface area (Å²) in [6.07, 6.45) is 0. The Labute approximate surface area is 273 Å². The summed E-state index contributed by atoms with van der Waals surface area (Å²) in [5.74, 6) is 2.00. The number of thiophene rings is 1. The van der Waals surface area contributed by atoms with Crippen LogP contribution in [0.25, 0.3) is 86.3 Å². The van der Waals surface area contributed by atoms with Crippen LogP contribution in [0.15, 0.2) is 146 Å². The minimum atomic E-state index is 0.664. The first-order chi connectivity index (χ1) is 22.8. The molecule has 216 valence electrons. The first kappa shape index (κ1) is 26.8. The van der Waals surface area contributed by atoms with Crippen molar-refractivity contribution in [2.24, 2.45) is 0 Å². The van der Waals surface area contributed by atoms with E-state index in [9.17, 15) is 0 Å². The topological polar surface area (TPSA) is 51.6 Å². The standard InChI is InChI=1S/C40H24N4S2/c1-3-10-26(11-4-1)37-42-38(27-12-5-2-6-13-27)44-39(43-37)31-14-9-17-34-36(31)30-23-22-29(24-35(30)45-34)25-18-20-28(21-19-25)40-41-32-15-7-8-16-33(32)46-40/h1-24H. The van der Waals surface area contributed by atoms with Crippen molar-refractivity contribution in [1.29, 1.82) is 0 Å². The van der Waals surface area contributed by atoms with E-state index in [1.165, 1.54) is 36.0 Å². The highest BCUT2D eigenvalue weighted by molar-refractivity contribution is 7.26. The van der Waals surface area contributed by atoms with Gasteiger partial charge in [0.25, 0.3) is 0 Å². The molecule has 0 fully saturated rings. The van der Waals surface area contributed by atoms with Gasteiger partial charge in [0, 0.05) is 42.4 Å². The fourth-order valence-corrected chi connectivity index (χ4v) is 8.06. The molecule has 0 unspecified atom stereocenters. The second kappa shape index (κ2) is 11.1. The van der Waals surface area contributed by atoms with Gasteiger partial charge in [0.05, 0.1) is 10.2 Å². The van der Waals surface area contributed by atoms with Crippen molar-refractivity contribution < 1.29 is 0 Å². The van der Waals surface area contributed by atoms with Gasteiger partial charge in [-0.05, 0) is 35.4 Å². The van der Waals surface area contributed by atoms with Crippen LogP contribution in [0.3, 0.4) is 0 Å². The Kier molecular flexibility index (Phi) is 6.47. The molecule has 9 aromatic rings. The summed E-state index contributed by atoms with van der Waals surface area (Å²) >= 11 is 3.53. The number of aromatic nitrogens is 4. The van der Waals surface area contributed by atoms with Crippen LogP contribution >= 0.6 is 22.7 Å². The van der Waals surface area contributed by atoms with Crippen LogP contribution in [-0.2, 0) is 0 Å². The van der Waals surface area contributed by atoms with Gasteiger partial charge in [0.15, 0.2) is 17.5 Å². The van der Waals surface area contributed by atoms with Crippen LogP contribution in [0.2, 0.25) is 0 Å². The maximum atomic E-state index is 5.03. The summed E-state index contributed by atoms with van der Waals surface area (Å²) in [7, 11) is 0. The predicted octanol–water partition coefficient (Wildman–Crippen LogP) is 11.2. The number of rotatable bonds is 5. The van der Waals surface area contributed by atoms with E-state index < -0.39 is 0 Å². The number of nitrogens with zero attached hydrogens (tertiary/aromatic N) is 4. The number of hydrogen-bond donors (Lipinski definition) is 0. The maximum Gasteiger partial charge on any atom is 0.164 e. The molecule has 6 aromatic carbocycles. The van der Waals surface area contributed by atoms with Crippen molar-refractivity contribution in [2.45, 2.75) is 0 Å². The summed E-state index contributed by atoms with van der Waals surface area (Å²) in [6, 6.07) is 50.5. The molecule has 0 bridgehead atoms. The van der Waals surface area contributed by atoms with E-state index in [-0.39, 0.29) is 0 Å². The normalized spacial score (nSPS) is 11.5. The summed E-state index contributed by atoms with van der Waals surface area (Å²) in [5.41, 5.74) is 7.49. The summed E-state index contributed by atoms with van der Waals surface area (Å²) < 4.78 is 3.65. The Balaban J connectivity index is 1.13. The van der Waals surface area contributed by atoms with Gasteiger partial charge in [0.1, 0.15) is 5.01 Å². The lowest BCUT2D eigenvalue weighted by molar-refractivity contribution is 1.08. The van der Waals surface area contributed by atoms with E-state index in [2.05, 4.69) is 78.9 Å². The van der Waals surface area contributed by atoms with E-state index >= 15 is 0 Å². The van der Waals surface area contributed by atoms with Gasteiger partial charge in [-0.2, -0.15) is 0 Å². The molecule has 0 radical (unpaired) electrons. The molecule has 9 rings (SSSR count). The molecule has 0 N–H and O–H groups in total. The number of benzene rings is 6. The fourth-order valence-electron chi connectivity index (χ4n) is 5.92. The molecule has 0 aliphatic rings. The molecule has 0 spiro atoms. The molecule has 4 nitrogen and oxygen atoms in total. The van der Waals surface area contributed by atoms with E-state index in [0.717, 1.165) is 32.8 Å². The van der Waals surface area contributed by atoms with Gasteiger partial charge >= 0.3 is 0 Å². The molecule has 0 aliphatic carbocycles. The van der Waals surface area contributed by atoms with Gasteiger partial charge in [-0.15, -0.1) is 22.7 Å². The van der Waals surface area contributed by atoms with Crippen molar-refractivity contribution in [2.75, 3.05) is 0 Å². The van der Waals surface area contributed by atoms with Gasteiger partial charge in [0.2, 0.25) is 0 Å². The second-order valence-corrected chi connectivity index (χ2v) is 13.2. The van der Waals surface area contributed by atoms with Crippen molar-refractivity contribution in [3.63, 3.8) is 0 Å². The van der Waals surface area contributed by atoms with Crippen molar-refractivity contribution >= 4 is 53.1 Å². The Bertz CT molecular complexity index is 2430. The average Bonchev–Trinajstić information content (AvgIpc) is 3.74. The van der Waals surface area contributed by atoms with E-state index in [1.807, 2.05) is 66.7 Å². The van der Waals surface area contributed by atoms with E-state index in [4.69, 9.17) is 19.9 Å². The first-order valence-electron chi connectivity index (χ1n) is 15.1. The molecule has 0 atom stereocenters. The third kappa shape index (κ3) is 4.76. The van der Waals surface area contributed by atoms with Crippen molar-refractivity contribution in [1.82, 2.24) is 19.9 Å². The zero-order valence-corrected chi connectivity index (χ0v) is 26.1. The first-order valence-corrected chi connectivity index (χ1v) is 16.7. The van der Waals surface area contributed by atoms with Crippen molar-refractivity contribution in [3.05, 3.63) is 146 Å². The predicted molar refractivity (Wildman–Crippen MR) is 193 cm³/mol. The summed E-state index contributed by atoms with van der Waals surface area (Å²) in [5, 5.41) is 3.42. The third-order valence-electron chi connectivity index (χ3n) is 8.20. The monoisotopic (exact) mass is 624 g/mol. The van der Waals surface area contributed by atoms with Crippen LogP contribution < -0.4 is 0 Å². The molecule has 0 aliphatic heterocycles. The maximum absolute atomic E-state index is 5.03. The number of thiazole rings is 1. The molecule has 3 heterocycles. The summed E-state index contributed by atoms with van der Waals surface area (Å²) in [4.78, 5) is 19.8. The Morgan fingerprint density at radius 3 is 1.70 bits per heavy atom. The Morgan fingerprint density at radius 1 is 0.370 bits per heavy atom. The van der Waals surface area contributed by atoms with Gasteiger partial charge in [-0.25, -0.2) is 19.9 Å². The van der Waals surface area contributed by atoms with E-state index in [1.54, 1.807) is 22.7 Å². The highest BCUT2D eigenvalue weighted by atomic mass is 32.1. The minimum absolute atomic E-state index is 0.664. The van der Waals surface area contributed by atoms with E-state index in [0.29, 0.717) is 17.5 Å². The number of para-hydroxylation sites is 1. The highest BCUT2D eigenvalue weighted by Crippen LogP contribution is 2.41. The average molecular weight is 625 g/mol. The van der Waals surface area contributed by atoms with Gasteiger partial charge in [-0.3, -0.25) is 0 Å². The van der Waals surface area contributed by atoms with Gasteiger partial charge < -0.3 is 0 Å². The van der Waals surface area contributed by atoms with Crippen LogP contribution in [-0.4, -0.2) is 19.9 Å². The second-order valence-electron chi connectivity index (χ2n) is 11.1. The smallest absolute Gasteiger partial charge is 0.164 e. The minimum Gasteiger partial charge on any atom is -0.236 e.